The number of hydrogen-bond donors (Lipinski definition) is 1. The molecule has 2 nitrogen and oxygen atoms in total. The minimum Gasteiger partial charge on any atom is -0.374 e. The van der Waals surface area contributed by atoms with E-state index in [2.05, 4.69) is 23.2 Å². The molecule has 17 heavy (non-hydrogen) atoms. The van der Waals surface area contributed by atoms with Gasteiger partial charge in [-0.05, 0) is 49.1 Å². The van der Waals surface area contributed by atoms with Gasteiger partial charge in [-0.2, -0.15) is 0 Å². The van der Waals surface area contributed by atoms with Gasteiger partial charge in [-0.25, -0.2) is 4.39 Å². The zero-order chi connectivity index (χ0) is 12.4. The van der Waals surface area contributed by atoms with E-state index in [4.69, 9.17) is 0 Å². The Labute approximate surface area is 103 Å². The fourth-order valence-electron chi connectivity index (χ4n) is 2.27. The Morgan fingerprint density at radius 1 is 1.41 bits per heavy atom. The normalized spacial score (nSPS) is 22.6. The monoisotopic (exact) mass is 236 g/mol. The lowest BCUT2D eigenvalue weighted by Gasteiger charge is -2.20. The van der Waals surface area contributed by atoms with Crippen molar-refractivity contribution in [1.29, 1.82) is 0 Å². The molecule has 1 aromatic rings. The first-order valence-corrected chi connectivity index (χ1v) is 6.25. The topological polar surface area (TPSA) is 15.3 Å². The van der Waals surface area contributed by atoms with Crippen molar-refractivity contribution < 1.29 is 4.39 Å². The molecule has 1 aliphatic rings. The number of benzene rings is 1. The predicted octanol–water partition coefficient (Wildman–Crippen LogP) is 2.64. The molecular formula is C14H21FN2. The average Bonchev–Trinajstić information content (AvgIpc) is 2.93. The van der Waals surface area contributed by atoms with Crippen molar-refractivity contribution >= 4 is 5.69 Å². The summed E-state index contributed by atoms with van der Waals surface area (Å²) in [6.07, 6.45) is 1.31. The van der Waals surface area contributed by atoms with Crippen molar-refractivity contribution in [3.63, 3.8) is 0 Å². The summed E-state index contributed by atoms with van der Waals surface area (Å²) in [4.78, 5) is 2.16. The van der Waals surface area contributed by atoms with E-state index in [0.717, 1.165) is 29.6 Å². The Balaban J connectivity index is 2.07. The number of nitrogens with zero attached hydrogens (tertiary/aromatic N) is 1. The number of rotatable bonds is 5. The highest BCUT2D eigenvalue weighted by Gasteiger charge is 2.33. The Kier molecular flexibility index (Phi) is 3.67. The van der Waals surface area contributed by atoms with E-state index in [9.17, 15) is 4.39 Å². The zero-order valence-electron chi connectivity index (χ0n) is 10.8. The number of nitrogens with one attached hydrogen (secondary N) is 1. The summed E-state index contributed by atoms with van der Waals surface area (Å²) >= 11 is 0. The van der Waals surface area contributed by atoms with E-state index in [0.29, 0.717) is 6.54 Å². The molecule has 0 heterocycles. The first kappa shape index (κ1) is 12.4. The molecule has 1 aromatic carbocycles. The van der Waals surface area contributed by atoms with Crippen LogP contribution in [-0.2, 0) is 6.54 Å². The molecule has 1 N–H and O–H groups in total. The van der Waals surface area contributed by atoms with Gasteiger partial charge >= 0.3 is 0 Å². The van der Waals surface area contributed by atoms with Crippen LogP contribution in [0.15, 0.2) is 18.2 Å². The van der Waals surface area contributed by atoms with Gasteiger partial charge in [0.25, 0.3) is 0 Å². The number of halogens is 1. The maximum Gasteiger partial charge on any atom is 0.125 e. The van der Waals surface area contributed by atoms with Crippen molar-refractivity contribution in [2.45, 2.75) is 19.9 Å². The van der Waals surface area contributed by atoms with E-state index in [1.807, 2.05) is 14.1 Å². The summed E-state index contributed by atoms with van der Waals surface area (Å²) in [6, 6.07) is 5.27. The van der Waals surface area contributed by atoms with Crippen LogP contribution in [0.1, 0.15) is 18.9 Å². The summed E-state index contributed by atoms with van der Waals surface area (Å²) in [5.74, 6) is 1.47. The second-order valence-electron chi connectivity index (χ2n) is 5.20. The van der Waals surface area contributed by atoms with Gasteiger partial charge in [0.15, 0.2) is 0 Å². The summed E-state index contributed by atoms with van der Waals surface area (Å²) in [5.41, 5.74) is 1.98. The summed E-state index contributed by atoms with van der Waals surface area (Å²) in [7, 11) is 3.92. The van der Waals surface area contributed by atoms with Crippen LogP contribution in [0, 0.1) is 17.7 Å². The fourth-order valence-corrected chi connectivity index (χ4v) is 2.27. The third-order valence-corrected chi connectivity index (χ3v) is 3.55. The smallest absolute Gasteiger partial charge is 0.125 e. The SMILES string of the molecule is CNCc1cc(F)cc(N(C)CC2CC2C)c1. The molecule has 0 spiro atoms. The van der Waals surface area contributed by atoms with Crippen LogP contribution < -0.4 is 10.2 Å². The molecule has 0 amide bonds. The molecular weight excluding hydrogens is 215 g/mol. The van der Waals surface area contributed by atoms with Gasteiger partial charge in [0.2, 0.25) is 0 Å². The number of hydrogen-bond acceptors (Lipinski definition) is 2. The van der Waals surface area contributed by atoms with E-state index >= 15 is 0 Å². The number of anilines is 1. The standard InChI is InChI=1S/C14H21FN2/c1-10-4-12(10)9-17(3)14-6-11(8-16-2)5-13(15)7-14/h5-7,10,12,16H,4,8-9H2,1-3H3. The highest BCUT2D eigenvalue weighted by molar-refractivity contribution is 5.48. The molecule has 0 bridgehead atoms. The molecule has 3 heteroatoms. The van der Waals surface area contributed by atoms with Crippen LogP contribution in [0.3, 0.4) is 0 Å². The van der Waals surface area contributed by atoms with Gasteiger partial charge < -0.3 is 10.2 Å². The summed E-state index contributed by atoms with van der Waals surface area (Å²) in [6.45, 7) is 4.01. The van der Waals surface area contributed by atoms with Crippen LogP contribution in [0.4, 0.5) is 10.1 Å². The van der Waals surface area contributed by atoms with Gasteiger partial charge in [0.05, 0.1) is 0 Å². The van der Waals surface area contributed by atoms with Crippen molar-refractivity contribution in [1.82, 2.24) is 5.32 Å². The summed E-state index contributed by atoms with van der Waals surface area (Å²) in [5, 5.41) is 3.05. The minimum atomic E-state index is -0.150. The Morgan fingerprint density at radius 3 is 2.71 bits per heavy atom. The van der Waals surface area contributed by atoms with Crippen LogP contribution in [0.5, 0.6) is 0 Å². The van der Waals surface area contributed by atoms with E-state index < -0.39 is 0 Å². The molecule has 0 saturated heterocycles. The molecule has 94 valence electrons. The maximum atomic E-state index is 13.5. The molecule has 0 aliphatic heterocycles. The van der Waals surface area contributed by atoms with E-state index in [1.165, 1.54) is 6.42 Å². The van der Waals surface area contributed by atoms with Gasteiger partial charge in [0.1, 0.15) is 5.82 Å². The first-order chi connectivity index (χ1) is 8.10. The maximum absolute atomic E-state index is 13.5. The lowest BCUT2D eigenvalue weighted by Crippen LogP contribution is -2.21. The van der Waals surface area contributed by atoms with Gasteiger partial charge in [-0.15, -0.1) is 0 Å². The van der Waals surface area contributed by atoms with Crippen molar-refractivity contribution in [2.75, 3.05) is 25.5 Å². The molecule has 1 saturated carbocycles. The van der Waals surface area contributed by atoms with Crippen LogP contribution in [0.25, 0.3) is 0 Å². The van der Waals surface area contributed by atoms with Gasteiger partial charge in [-0.1, -0.05) is 6.92 Å². The van der Waals surface area contributed by atoms with Crippen molar-refractivity contribution in [3.05, 3.63) is 29.6 Å². The van der Waals surface area contributed by atoms with Crippen LogP contribution in [-0.4, -0.2) is 20.6 Å². The molecule has 2 rings (SSSR count). The highest BCUT2D eigenvalue weighted by Crippen LogP contribution is 2.38. The summed E-state index contributed by atoms with van der Waals surface area (Å²) < 4.78 is 13.5. The van der Waals surface area contributed by atoms with Crippen LogP contribution in [0.2, 0.25) is 0 Å². The Bertz CT molecular complexity index is 392. The molecule has 0 radical (unpaired) electrons. The lowest BCUT2D eigenvalue weighted by molar-refractivity contribution is 0.622. The van der Waals surface area contributed by atoms with Gasteiger partial charge in [-0.3, -0.25) is 0 Å². The fraction of sp³-hybridized carbons (Fsp3) is 0.571. The molecule has 2 unspecified atom stereocenters. The van der Waals surface area contributed by atoms with E-state index in [-0.39, 0.29) is 5.82 Å². The minimum absolute atomic E-state index is 0.150. The predicted molar refractivity (Wildman–Crippen MR) is 69.7 cm³/mol. The lowest BCUT2D eigenvalue weighted by atomic mass is 10.1. The highest BCUT2D eigenvalue weighted by atomic mass is 19.1. The molecule has 0 aromatic heterocycles. The average molecular weight is 236 g/mol. The first-order valence-electron chi connectivity index (χ1n) is 6.25. The Hall–Kier alpha value is -1.09. The van der Waals surface area contributed by atoms with Crippen molar-refractivity contribution in [3.8, 4) is 0 Å². The third kappa shape index (κ3) is 3.19. The largest absolute Gasteiger partial charge is 0.374 e. The molecule has 1 fully saturated rings. The van der Waals surface area contributed by atoms with Crippen LogP contribution >= 0.6 is 0 Å². The molecule has 2 atom stereocenters. The molecule has 1 aliphatic carbocycles. The second kappa shape index (κ2) is 5.05. The zero-order valence-corrected chi connectivity index (χ0v) is 10.8. The third-order valence-electron chi connectivity index (χ3n) is 3.55. The van der Waals surface area contributed by atoms with E-state index in [1.54, 1.807) is 12.1 Å². The van der Waals surface area contributed by atoms with Gasteiger partial charge in [0, 0.05) is 25.8 Å². The quantitative estimate of drug-likeness (QED) is 0.845. The Morgan fingerprint density at radius 2 is 2.12 bits per heavy atom. The van der Waals surface area contributed by atoms with Crippen molar-refractivity contribution in [2.24, 2.45) is 11.8 Å². The second-order valence-corrected chi connectivity index (χ2v) is 5.20.